The summed E-state index contributed by atoms with van der Waals surface area (Å²) in [6.45, 7) is -1.25. The molecule has 2 N–H and O–H groups in total. The number of fused-ring (bicyclic) bond motifs is 1. The van der Waals surface area contributed by atoms with Gasteiger partial charge in [0.05, 0.1) is 12.7 Å². The van der Waals surface area contributed by atoms with Gasteiger partial charge < -0.3 is 14.8 Å². The molecule has 2 aromatic rings. The highest BCUT2D eigenvalue weighted by atomic mass is 32.2. The van der Waals surface area contributed by atoms with Gasteiger partial charge in [-0.2, -0.15) is 0 Å². The summed E-state index contributed by atoms with van der Waals surface area (Å²) in [4.78, 5) is 37.1. The van der Waals surface area contributed by atoms with E-state index >= 15 is 0 Å². The Balaban J connectivity index is 1.49. The van der Waals surface area contributed by atoms with E-state index in [-0.39, 0.29) is 0 Å². The number of hydrogen-bond donors (Lipinski definition) is 2. The zero-order chi connectivity index (χ0) is 23.1. The molecule has 9 nitrogen and oxygen atoms in total. The largest absolute Gasteiger partial charge is 0.465 e. The Morgan fingerprint density at radius 3 is 2.62 bits per heavy atom. The fraction of sp³-hybridized carbons (Fsp3) is 0.286. The van der Waals surface area contributed by atoms with Crippen molar-refractivity contribution in [3.8, 4) is 0 Å². The second-order valence-corrected chi connectivity index (χ2v) is 9.60. The van der Waals surface area contributed by atoms with Crippen molar-refractivity contribution in [1.82, 2.24) is 4.72 Å². The lowest BCUT2D eigenvalue weighted by atomic mass is 10.1. The van der Waals surface area contributed by atoms with Crippen LogP contribution in [0.2, 0.25) is 0 Å². The first kappa shape index (κ1) is 23.6. The molecule has 1 heterocycles. The number of hydrogen-bond acceptors (Lipinski definition) is 8. The molecule has 0 spiro atoms. The van der Waals surface area contributed by atoms with Gasteiger partial charge in [-0.3, -0.25) is 9.59 Å². The van der Waals surface area contributed by atoms with E-state index in [9.17, 15) is 22.8 Å². The van der Waals surface area contributed by atoms with Crippen molar-refractivity contribution in [2.75, 3.05) is 25.6 Å². The molecule has 170 valence electrons. The Kier molecular flexibility index (Phi) is 7.78. The molecular formula is C21H22N2O7S2. The second kappa shape index (κ2) is 10.5. The summed E-state index contributed by atoms with van der Waals surface area (Å²) in [6, 6.07) is 8.79. The van der Waals surface area contributed by atoms with E-state index < -0.39 is 41.0 Å². The van der Waals surface area contributed by atoms with Crippen LogP contribution < -0.4 is 10.0 Å². The van der Waals surface area contributed by atoms with Gasteiger partial charge in [-0.15, -0.1) is 11.3 Å². The number of carbonyl (C=O) groups excluding carboxylic acids is 3. The van der Waals surface area contributed by atoms with Crippen molar-refractivity contribution >= 4 is 50.3 Å². The molecule has 0 aliphatic heterocycles. The molecule has 0 radical (unpaired) electrons. The molecule has 1 aromatic carbocycles. The molecule has 0 atom stereocenters. The van der Waals surface area contributed by atoms with Gasteiger partial charge >= 0.3 is 11.9 Å². The Morgan fingerprint density at radius 2 is 1.91 bits per heavy atom. The summed E-state index contributed by atoms with van der Waals surface area (Å²) < 4.78 is 35.6. The Bertz CT molecular complexity index is 1140. The van der Waals surface area contributed by atoms with E-state index in [0.717, 1.165) is 35.1 Å². The van der Waals surface area contributed by atoms with Crippen LogP contribution in [0.4, 0.5) is 5.00 Å². The van der Waals surface area contributed by atoms with Gasteiger partial charge in [-0.05, 0) is 36.5 Å². The zero-order valence-electron chi connectivity index (χ0n) is 17.3. The Labute approximate surface area is 189 Å². The van der Waals surface area contributed by atoms with Crippen LogP contribution in [0, 0.1) is 0 Å². The summed E-state index contributed by atoms with van der Waals surface area (Å²) in [6.07, 6.45) is 3.89. The molecule has 1 aliphatic rings. The van der Waals surface area contributed by atoms with Gasteiger partial charge in [-0.1, -0.05) is 30.3 Å². The predicted molar refractivity (Wildman–Crippen MR) is 120 cm³/mol. The van der Waals surface area contributed by atoms with Crippen molar-refractivity contribution < 1.29 is 32.3 Å². The van der Waals surface area contributed by atoms with Crippen LogP contribution in [0.1, 0.15) is 32.8 Å². The maximum atomic E-state index is 12.2. The summed E-state index contributed by atoms with van der Waals surface area (Å²) >= 11 is 1.30. The zero-order valence-corrected chi connectivity index (χ0v) is 18.9. The highest BCUT2D eigenvalue weighted by molar-refractivity contribution is 7.92. The molecule has 1 aliphatic carbocycles. The van der Waals surface area contributed by atoms with E-state index in [2.05, 4.69) is 10.0 Å². The fourth-order valence-electron chi connectivity index (χ4n) is 3.11. The number of carbonyl (C=O) groups is 3. The summed E-state index contributed by atoms with van der Waals surface area (Å²) in [7, 11) is -2.59. The van der Waals surface area contributed by atoms with Gasteiger partial charge in [0.15, 0.2) is 6.61 Å². The van der Waals surface area contributed by atoms with Crippen LogP contribution in [0.3, 0.4) is 0 Å². The fourth-order valence-corrected chi connectivity index (χ4v) is 5.16. The number of anilines is 1. The van der Waals surface area contributed by atoms with Crippen LogP contribution in [0.5, 0.6) is 0 Å². The highest BCUT2D eigenvalue weighted by Gasteiger charge is 2.28. The second-order valence-electron chi connectivity index (χ2n) is 6.84. The van der Waals surface area contributed by atoms with Crippen molar-refractivity contribution in [2.24, 2.45) is 0 Å². The van der Waals surface area contributed by atoms with Crippen molar-refractivity contribution in [1.29, 1.82) is 0 Å². The number of methoxy groups -OCH3 is 1. The smallest absolute Gasteiger partial charge is 0.341 e. The van der Waals surface area contributed by atoms with E-state index in [0.29, 0.717) is 16.1 Å². The topological polar surface area (TPSA) is 128 Å². The van der Waals surface area contributed by atoms with E-state index in [1.807, 2.05) is 0 Å². The van der Waals surface area contributed by atoms with Crippen LogP contribution in [0.25, 0.3) is 6.08 Å². The molecular weight excluding hydrogens is 456 g/mol. The predicted octanol–water partition coefficient (Wildman–Crippen LogP) is 2.10. The summed E-state index contributed by atoms with van der Waals surface area (Å²) in [5.41, 5.74) is 1.90. The van der Waals surface area contributed by atoms with Crippen molar-refractivity contribution in [3.05, 3.63) is 57.3 Å². The SMILES string of the molecule is COC(=O)c1c(NC(=O)COC(=O)CNS(=O)(=O)/C=C/c2ccccc2)sc2c1CCC2. The number of aryl methyl sites for hydroxylation is 1. The quantitative estimate of drug-likeness (QED) is 0.528. The van der Waals surface area contributed by atoms with Crippen LogP contribution in [0.15, 0.2) is 35.7 Å². The molecule has 0 bridgehead atoms. The first-order valence-electron chi connectivity index (χ1n) is 9.70. The van der Waals surface area contributed by atoms with E-state index in [1.54, 1.807) is 30.3 Å². The standard InChI is InChI=1S/C21H22N2O7S2/c1-29-21(26)19-15-8-5-9-16(15)31-20(19)23-17(24)13-30-18(25)12-22-32(27,28)11-10-14-6-3-2-4-7-14/h2-4,6-7,10-11,22H,5,8-9,12-13H2,1H3,(H,23,24)/b11-10+. The number of benzene rings is 1. The lowest BCUT2D eigenvalue weighted by molar-refractivity contribution is -0.146. The number of nitrogens with one attached hydrogen (secondary N) is 2. The molecule has 0 unspecified atom stereocenters. The van der Waals surface area contributed by atoms with Crippen LogP contribution >= 0.6 is 11.3 Å². The number of thiophene rings is 1. The average Bonchev–Trinajstić information content (AvgIpc) is 3.36. The Morgan fingerprint density at radius 1 is 1.16 bits per heavy atom. The number of amides is 1. The number of rotatable bonds is 9. The highest BCUT2D eigenvalue weighted by Crippen LogP contribution is 2.39. The van der Waals surface area contributed by atoms with Gasteiger partial charge in [0.2, 0.25) is 10.0 Å². The molecule has 1 amide bonds. The van der Waals surface area contributed by atoms with E-state index in [1.165, 1.54) is 24.5 Å². The van der Waals surface area contributed by atoms with Gasteiger partial charge in [0.25, 0.3) is 5.91 Å². The third kappa shape index (κ3) is 6.25. The summed E-state index contributed by atoms with van der Waals surface area (Å²) in [5.74, 6) is -2.09. The molecule has 11 heteroatoms. The molecule has 0 saturated heterocycles. The van der Waals surface area contributed by atoms with Gasteiger partial charge in [0, 0.05) is 10.3 Å². The third-order valence-electron chi connectivity index (χ3n) is 4.58. The molecule has 0 saturated carbocycles. The lowest BCUT2D eigenvalue weighted by Gasteiger charge is -2.08. The maximum Gasteiger partial charge on any atom is 0.341 e. The summed E-state index contributed by atoms with van der Waals surface area (Å²) in [5, 5.41) is 3.87. The monoisotopic (exact) mass is 478 g/mol. The average molecular weight is 479 g/mol. The van der Waals surface area contributed by atoms with Crippen LogP contribution in [-0.4, -0.2) is 46.5 Å². The number of ether oxygens (including phenoxy) is 2. The first-order chi connectivity index (χ1) is 15.3. The number of sulfonamides is 1. The third-order valence-corrected chi connectivity index (χ3v) is 6.83. The minimum atomic E-state index is -3.86. The molecule has 0 fully saturated rings. The first-order valence-corrected chi connectivity index (χ1v) is 12.1. The lowest BCUT2D eigenvalue weighted by Crippen LogP contribution is -2.31. The molecule has 32 heavy (non-hydrogen) atoms. The molecule has 1 aromatic heterocycles. The van der Waals surface area contributed by atoms with Crippen LogP contribution in [-0.2, 0) is 41.9 Å². The van der Waals surface area contributed by atoms with Gasteiger partial charge in [0.1, 0.15) is 11.5 Å². The number of esters is 2. The van der Waals surface area contributed by atoms with Crippen molar-refractivity contribution in [2.45, 2.75) is 19.3 Å². The molecule has 3 rings (SSSR count). The van der Waals surface area contributed by atoms with Gasteiger partial charge in [-0.25, -0.2) is 17.9 Å². The maximum absolute atomic E-state index is 12.2. The normalized spacial score (nSPS) is 13.0. The Hall–Kier alpha value is -3.02. The minimum absolute atomic E-state index is 0.336. The minimum Gasteiger partial charge on any atom is -0.465 e. The van der Waals surface area contributed by atoms with Crippen molar-refractivity contribution in [3.63, 3.8) is 0 Å². The van der Waals surface area contributed by atoms with E-state index in [4.69, 9.17) is 9.47 Å².